The van der Waals surface area contributed by atoms with Gasteiger partial charge < -0.3 is 13.7 Å². The van der Waals surface area contributed by atoms with E-state index >= 15 is 0 Å². The number of ether oxygens (including phenoxy) is 1. The number of furan rings is 1. The minimum absolute atomic E-state index is 0.202. The number of hydrogen-bond donors (Lipinski definition) is 0. The van der Waals surface area contributed by atoms with Crippen molar-refractivity contribution in [1.82, 2.24) is 4.57 Å². The summed E-state index contributed by atoms with van der Waals surface area (Å²) < 4.78 is 14.0. The van der Waals surface area contributed by atoms with Crippen molar-refractivity contribution in [1.29, 1.82) is 0 Å². The fraction of sp³-hybridized carbons (Fsp3) is 0.158. The molecule has 0 saturated carbocycles. The number of thiazole rings is 1. The lowest BCUT2D eigenvalue weighted by atomic mass is 10.2. The molecule has 0 bridgehead atoms. The number of nitrogens with zero attached hydrogens (tertiary/aromatic N) is 2. The van der Waals surface area contributed by atoms with Gasteiger partial charge in [-0.05, 0) is 36.8 Å². The maximum Gasteiger partial charge on any atom is 0.315 e. The van der Waals surface area contributed by atoms with Crippen LogP contribution in [0.4, 0.5) is 0 Å². The van der Waals surface area contributed by atoms with E-state index in [1.807, 2.05) is 42.8 Å². The maximum atomic E-state index is 12.6. The summed E-state index contributed by atoms with van der Waals surface area (Å²) in [5.74, 6) is 0.393. The van der Waals surface area contributed by atoms with Crippen molar-refractivity contribution in [2.45, 2.75) is 6.92 Å². The Bertz CT molecular complexity index is 1180. The third-order valence-corrected chi connectivity index (χ3v) is 5.20. The zero-order chi connectivity index (χ0) is 17.6. The van der Waals surface area contributed by atoms with Gasteiger partial charge in [0.05, 0.1) is 17.3 Å². The molecule has 0 radical (unpaired) electrons. The van der Waals surface area contributed by atoms with Crippen LogP contribution < -0.4 is 9.54 Å². The van der Waals surface area contributed by atoms with E-state index in [0.717, 1.165) is 15.6 Å². The smallest absolute Gasteiger partial charge is 0.315 e. The zero-order valence-corrected chi connectivity index (χ0v) is 14.9. The summed E-state index contributed by atoms with van der Waals surface area (Å²) in [6.45, 7) is 2.04. The molecule has 0 saturated heterocycles. The van der Waals surface area contributed by atoms with Crippen LogP contribution in [-0.4, -0.2) is 17.6 Å². The van der Waals surface area contributed by atoms with Crippen molar-refractivity contribution in [2.75, 3.05) is 7.11 Å². The molecule has 4 rings (SSSR count). The van der Waals surface area contributed by atoms with Crippen molar-refractivity contribution in [3.8, 4) is 5.75 Å². The molecule has 2 heterocycles. The van der Waals surface area contributed by atoms with Gasteiger partial charge in [0, 0.05) is 12.4 Å². The zero-order valence-electron chi connectivity index (χ0n) is 14.1. The molecule has 0 N–H and O–H groups in total. The lowest BCUT2D eigenvalue weighted by Gasteiger charge is -1.98. The molecule has 0 atom stereocenters. The van der Waals surface area contributed by atoms with Gasteiger partial charge in [-0.2, -0.15) is 4.99 Å². The Morgan fingerprint density at radius 3 is 2.88 bits per heavy atom. The van der Waals surface area contributed by atoms with Crippen LogP contribution in [0.25, 0.3) is 21.2 Å². The fourth-order valence-corrected chi connectivity index (χ4v) is 3.91. The molecule has 2 aromatic carbocycles. The Morgan fingerprint density at radius 2 is 2.08 bits per heavy atom. The molecule has 0 aliphatic rings. The predicted molar refractivity (Wildman–Crippen MR) is 98.2 cm³/mol. The summed E-state index contributed by atoms with van der Waals surface area (Å²) in [6, 6.07) is 13.4. The first kappa shape index (κ1) is 15.7. The largest absolute Gasteiger partial charge is 0.493 e. The number of carbonyl (C=O) groups excluding carboxylic acids is 1. The van der Waals surface area contributed by atoms with Crippen LogP contribution in [0, 0.1) is 6.92 Å². The lowest BCUT2D eigenvalue weighted by Crippen LogP contribution is -2.12. The fourth-order valence-electron chi connectivity index (χ4n) is 2.79. The van der Waals surface area contributed by atoms with Crippen LogP contribution in [-0.2, 0) is 7.05 Å². The van der Waals surface area contributed by atoms with Crippen LogP contribution in [0.15, 0.2) is 51.9 Å². The van der Waals surface area contributed by atoms with Crippen LogP contribution in [0.3, 0.4) is 0 Å². The van der Waals surface area contributed by atoms with Crippen LogP contribution in [0.5, 0.6) is 5.75 Å². The third kappa shape index (κ3) is 2.64. The topological polar surface area (TPSA) is 56.7 Å². The van der Waals surface area contributed by atoms with Crippen LogP contribution in [0.2, 0.25) is 0 Å². The van der Waals surface area contributed by atoms with E-state index in [9.17, 15) is 4.79 Å². The summed E-state index contributed by atoms with van der Waals surface area (Å²) >= 11 is 1.48. The number of rotatable bonds is 2. The molecule has 0 fully saturated rings. The minimum atomic E-state index is -0.405. The molecule has 126 valence electrons. The highest BCUT2D eigenvalue weighted by Gasteiger charge is 2.15. The molecule has 5 nitrogen and oxygen atoms in total. The third-order valence-electron chi connectivity index (χ3n) is 4.10. The number of hydrogen-bond acceptors (Lipinski definition) is 4. The highest BCUT2D eigenvalue weighted by atomic mass is 32.1. The number of methoxy groups -OCH3 is 1. The van der Waals surface area contributed by atoms with E-state index in [0.29, 0.717) is 16.1 Å². The van der Waals surface area contributed by atoms with Crippen molar-refractivity contribution >= 4 is 38.4 Å². The monoisotopic (exact) mass is 352 g/mol. The van der Waals surface area contributed by atoms with E-state index in [-0.39, 0.29) is 5.76 Å². The summed E-state index contributed by atoms with van der Waals surface area (Å²) in [4.78, 5) is 17.5. The highest BCUT2D eigenvalue weighted by Crippen LogP contribution is 2.28. The van der Waals surface area contributed by atoms with Gasteiger partial charge in [-0.25, -0.2) is 0 Å². The quantitative estimate of drug-likeness (QED) is 0.547. The van der Waals surface area contributed by atoms with Gasteiger partial charge in [0.1, 0.15) is 0 Å². The second kappa shape index (κ2) is 5.89. The van der Waals surface area contributed by atoms with Gasteiger partial charge >= 0.3 is 5.91 Å². The SMILES string of the molecule is COc1cccc2cc(C(=O)N=c3sc4cc(C)ccc4n3C)oc12. The minimum Gasteiger partial charge on any atom is -0.493 e. The second-order valence-electron chi connectivity index (χ2n) is 5.82. The Labute approximate surface area is 147 Å². The van der Waals surface area contributed by atoms with E-state index < -0.39 is 5.91 Å². The van der Waals surface area contributed by atoms with Crippen molar-refractivity contribution in [3.05, 3.63) is 58.6 Å². The van der Waals surface area contributed by atoms with Crippen molar-refractivity contribution < 1.29 is 13.9 Å². The standard InChI is InChI=1S/C19H16N2O3S/c1-11-7-8-13-16(9-11)25-19(21(13)2)20-18(22)15-10-12-5-4-6-14(23-3)17(12)24-15/h4-10H,1-3H3. The first-order valence-electron chi connectivity index (χ1n) is 7.78. The molecule has 0 aliphatic carbocycles. The number of amides is 1. The molecule has 6 heteroatoms. The number of aryl methyl sites for hydroxylation is 2. The second-order valence-corrected chi connectivity index (χ2v) is 6.83. The molecule has 25 heavy (non-hydrogen) atoms. The number of para-hydroxylation sites is 1. The predicted octanol–water partition coefficient (Wildman–Crippen LogP) is 4.04. The molecule has 2 aromatic heterocycles. The molecule has 1 amide bonds. The summed E-state index contributed by atoms with van der Waals surface area (Å²) in [5, 5.41) is 0.814. The molecular weight excluding hydrogens is 336 g/mol. The van der Waals surface area contributed by atoms with Crippen LogP contribution >= 0.6 is 11.3 Å². The first-order chi connectivity index (χ1) is 12.1. The van der Waals surface area contributed by atoms with Crippen LogP contribution in [0.1, 0.15) is 16.1 Å². The van der Waals surface area contributed by atoms with E-state index in [1.165, 1.54) is 16.9 Å². The van der Waals surface area contributed by atoms with Gasteiger partial charge in [-0.1, -0.05) is 29.5 Å². The normalized spacial score (nSPS) is 12.2. The molecule has 0 spiro atoms. The number of carbonyl (C=O) groups is 1. The highest BCUT2D eigenvalue weighted by molar-refractivity contribution is 7.16. The van der Waals surface area contributed by atoms with Gasteiger partial charge in [-0.15, -0.1) is 0 Å². The molecule has 0 aliphatic heterocycles. The van der Waals surface area contributed by atoms with Crippen molar-refractivity contribution in [2.24, 2.45) is 12.0 Å². The number of fused-ring (bicyclic) bond motifs is 2. The summed E-state index contributed by atoms with van der Waals surface area (Å²) in [7, 11) is 3.48. The number of aromatic nitrogens is 1. The van der Waals surface area contributed by atoms with Gasteiger partial charge in [0.25, 0.3) is 0 Å². The number of benzene rings is 2. The summed E-state index contributed by atoms with van der Waals surface area (Å²) in [5.41, 5.74) is 2.78. The average Bonchev–Trinajstić information content (AvgIpc) is 3.16. The maximum absolute atomic E-state index is 12.6. The average molecular weight is 352 g/mol. The van der Waals surface area contributed by atoms with E-state index in [4.69, 9.17) is 9.15 Å². The summed E-state index contributed by atoms with van der Waals surface area (Å²) in [6.07, 6.45) is 0. The Morgan fingerprint density at radius 1 is 1.24 bits per heavy atom. The van der Waals surface area contributed by atoms with E-state index in [2.05, 4.69) is 11.1 Å². The lowest BCUT2D eigenvalue weighted by molar-refractivity contribution is 0.0973. The Kier molecular flexibility index (Phi) is 3.69. The molecule has 4 aromatic rings. The van der Waals surface area contributed by atoms with E-state index in [1.54, 1.807) is 19.2 Å². The Balaban J connectivity index is 1.82. The molecule has 0 unspecified atom stereocenters. The van der Waals surface area contributed by atoms with Crippen molar-refractivity contribution in [3.63, 3.8) is 0 Å². The van der Waals surface area contributed by atoms with Gasteiger partial charge in [0.15, 0.2) is 21.9 Å². The van der Waals surface area contributed by atoms with Gasteiger partial charge in [-0.3, -0.25) is 4.79 Å². The molecular formula is C19H16N2O3S. The Hall–Kier alpha value is -2.86. The first-order valence-corrected chi connectivity index (χ1v) is 8.60. The van der Waals surface area contributed by atoms with Gasteiger partial charge in [0.2, 0.25) is 0 Å².